The number of nitrogens with one attached hydrogen (secondary N) is 1. The Morgan fingerprint density at radius 3 is 2.22 bits per heavy atom. The maximum absolute atomic E-state index is 12.2. The summed E-state index contributed by atoms with van der Waals surface area (Å²) >= 11 is 0. The molecule has 0 aliphatic rings. The fraction of sp³-hybridized carbons (Fsp3) is 0.133. The molecule has 23 heavy (non-hydrogen) atoms. The largest absolute Gasteiger partial charge is 0.316 e. The first-order valence-corrected chi connectivity index (χ1v) is 6.61. The number of carbonyl (C=O) groups is 1. The molecule has 1 amide bonds. The molecule has 0 spiro atoms. The molecule has 0 aliphatic heterocycles. The maximum atomic E-state index is 12.2. The van der Waals surface area contributed by atoms with E-state index in [9.17, 15) is 25.0 Å². The predicted molar refractivity (Wildman–Crippen MR) is 83.6 cm³/mol. The Balaban J connectivity index is 2.35. The number of aryl methyl sites for hydroxylation is 2. The lowest BCUT2D eigenvalue weighted by Crippen LogP contribution is -2.13. The summed E-state index contributed by atoms with van der Waals surface area (Å²) in [7, 11) is 0. The molecule has 0 atom stereocenters. The summed E-state index contributed by atoms with van der Waals surface area (Å²) in [5.41, 5.74) is 0.774. The summed E-state index contributed by atoms with van der Waals surface area (Å²) in [6.45, 7) is 3.26. The topological polar surface area (TPSA) is 115 Å². The highest BCUT2D eigenvalue weighted by Crippen LogP contribution is 2.26. The average molecular weight is 315 g/mol. The molecular formula is C15H13N3O5. The number of anilines is 1. The van der Waals surface area contributed by atoms with Crippen molar-refractivity contribution in [1.82, 2.24) is 0 Å². The van der Waals surface area contributed by atoms with Crippen molar-refractivity contribution in [2.75, 3.05) is 5.32 Å². The molecule has 0 fully saturated rings. The average Bonchev–Trinajstić information content (AvgIpc) is 2.48. The second kappa shape index (κ2) is 6.22. The van der Waals surface area contributed by atoms with Gasteiger partial charge in [-0.1, -0.05) is 12.1 Å². The van der Waals surface area contributed by atoms with Crippen molar-refractivity contribution in [3.8, 4) is 0 Å². The molecule has 2 aromatic carbocycles. The van der Waals surface area contributed by atoms with Crippen LogP contribution in [0, 0.1) is 34.1 Å². The van der Waals surface area contributed by atoms with Gasteiger partial charge in [0, 0.05) is 23.3 Å². The van der Waals surface area contributed by atoms with Crippen LogP contribution in [0.1, 0.15) is 21.5 Å². The summed E-state index contributed by atoms with van der Waals surface area (Å²) in [6.07, 6.45) is 0. The van der Waals surface area contributed by atoms with Crippen molar-refractivity contribution >= 4 is 23.0 Å². The second-order valence-corrected chi connectivity index (χ2v) is 4.99. The molecule has 0 saturated carbocycles. The second-order valence-electron chi connectivity index (χ2n) is 4.99. The number of nitro groups is 2. The van der Waals surface area contributed by atoms with E-state index in [4.69, 9.17) is 0 Å². The van der Waals surface area contributed by atoms with E-state index in [0.717, 1.165) is 6.07 Å². The minimum atomic E-state index is -0.653. The van der Waals surface area contributed by atoms with Crippen molar-refractivity contribution < 1.29 is 14.6 Å². The minimum absolute atomic E-state index is 0.0360. The molecule has 8 heteroatoms. The molecule has 0 saturated heterocycles. The standard InChI is InChI=1S/C15H13N3O5/c1-9-3-6-12(14(7-9)18(22)23)16-15(19)11-5-4-10(2)13(8-11)17(20)21/h3-8H,1-2H3,(H,16,19). The number of rotatable bonds is 4. The van der Waals surface area contributed by atoms with E-state index in [1.165, 1.54) is 24.3 Å². The van der Waals surface area contributed by atoms with Gasteiger partial charge >= 0.3 is 0 Å². The number of nitrogens with zero attached hydrogens (tertiary/aromatic N) is 2. The Bertz CT molecular complexity index is 817. The van der Waals surface area contributed by atoms with E-state index in [1.807, 2.05) is 0 Å². The fourth-order valence-electron chi connectivity index (χ4n) is 2.04. The van der Waals surface area contributed by atoms with Crippen LogP contribution in [0.5, 0.6) is 0 Å². The number of benzene rings is 2. The van der Waals surface area contributed by atoms with Gasteiger partial charge in [-0.15, -0.1) is 0 Å². The predicted octanol–water partition coefficient (Wildman–Crippen LogP) is 3.37. The van der Waals surface area contributed by atoms with Crippen LogP contribution in [0.3, 0.4) is 0 Å². The summed E-state index contributed by atoms with van der Waals surface area (Å²) in [4.78, 5) is 33.0. The zero-order valence-corrected chi connectivity index (χ0v) is 12.4. The van der Waals surface area contributed by atoms with Crippen LogP contribution in [0.2, 0.25) is 0 Å². The molecule has 0 bridgehead atoms. The Labute approximate surface area is 131 Å². The van der Waals surface area contributed by atoms with Crippen LogP contribution in [-0.4, -0.2) is 15.8 Å². The summed E-state index contributed by atoms with van der Waals surface area (Å²) in [6, 6.07) is 8.42. The van der Waals surface area contributed by atoms with Crippen molar-refractivity contribution in [1.29, 1.82) is 0 Å². The quantitative estimate of drug-likeness (QED) is 0.686. The Kier molecular flexibility index (Phi) is 4.35. The number of carbonyl (C=O) groups excluding carboxylic acids is 1. The zero-order chi connectivity index (χ0) is 17.1. The van der Waals surface area contributed by atoms with Crippen molar-refractivity contribution in [3.05, 3.63) is 73.3 Å². The van der Waals surface area contributed by atoms with E-state index < -0.39 is 15.8 Å². The van der Waals surface area contributed by atoms with E-state index in [0.29, 0.717) is 11.1 Å². The van der Waals surface area contributed by atoms with Crippen molar-refractivity contribution in [2.45, 2.75) is 13.8 Å². The molecule has 8 nitrogen and oxygen atoms in total. The Morgan fingerprint density at radius 1 is 0.957 bits per heavy atom. The first-order chi connectivity index (χ1) is 10.8. The molecular weight excluding hydrogens is 302 g/mol. The van der Waals surface area contributed by atoms with E-state index in [-0.39, 0.29) is 22.6 Å². The first-order valence-electron chi connectivity index (χ1n) is 6.61. The zero-order valence-electron chi connectivity index (χ0n) is 12.4. The van der Waals surface area contributed by atoms with Crippen LogP contribution in [0.15, 0.2) is 36.4 Å². The monoisotopic (exact) mass is 315 g/mol. The van der Waals surface area contributed by atoms with Crippen molar-refractivity contribution in [3.63, 3.8) is 0 Å². The third kappa shape index (κ3) is 3.49. The molecule has 0 unspecified atom stereocenters. The molecule has 0 aromatic heterocycles. The van der Waals surface area contributed by atoms with Gasteiger partial charge in [-0.05, 0) is 31.5 Å². The van der Waals surface area contributed by atoms with Crippen LogP contribution in [0.4, 0.5) is 17.1 Å². The molecule has 0 aliphatic carbocycles. The molecule has 1 N–H and O–H groups in total. The highest BCUT2D eigenvalue weighted by Gasteiger charge is 2.19. The molecule has 0 radical (unpaired) electrons. The SMILES string of the molecule is Cc1ccc(NC(=O)c2ccc(C)c([N+](=O)[O-])c2)c([N+](=O)[O-])c1. The smallest absolute Gasteiger partial charge is 0.293 e. The van der Waals surface area contributed by atoms with Gasteiger partial charge in [-0.2, -0.15) is 0 Å². The molecule has 2 rings (SSSR count). The number of hydrogen-bond acceptors (Lipinski definition) is 5. The van der Waals surface area contributed by atoms with E-state index in [2.05, 4.69) is 5.32 Å². The van der Waals surface area contributed by atoms with Gasteiger partial charge < -0.3 is 5.32 Å². The summed E-state index contributed by atoms with van der Waals surface area (Å²) < 4.78 is 0. The highest BCUT2D eigenvalue weighted by atomic mass is 16.6. The Hall–Kier alpha value is -3.29. The number of nitro benzene ring substituents is 2. The lowest BCUT2D eigenvalue weighted by molar-refractivity contribution is -0.385. The summed E-state index contributed by atoms with van der Waals surface area (Å²) in [5, 5.41) is 24.4. The van der Waals surface area contributed by atoms with Gasteiger partial charge in [-0.3, -0.25) is 25.0 Å². The molecule has 118 valence electrons. The number of amides is 1. The fourth-order valence-corrected chi connectivity index (χ4v) is 2.04. The van der Waals surface area contributed by atoms with E-state index >= 15 is 0 Å². The third-order valence-corrected chi connectivity index (χ3v) is 3.27. The van der Waals surface area contributed by atoms with Gasteiger partial charge in [0.05, 0.1) is 9.85 Å². The van der Waals surface area contributed by atoms with Gasteiger partial charge in [-0.25, -0.2) is 0 Å². The lowest BCUT2D eigenvalue weighted by Gasteiger charge is -2.07. The first kappa shape index (κ1) is 16.1. The van der Waals surface area contributed by atoms with Crippen LogP contribution < -0.4 is 5.32 Å². The number of hydrogen-bond donors (Lipinski definition) is 1. The van der Waals surface area contributed by atoms with Gasteiger partial charge in [0.1, 0.15) is 5.69 Å². The third-order valence-electron chi connectivity index (χ3n) is 3.27. The van der Waals surface area contributed by atoms with Gasteiger partial charge in [0.25, 0.3) is 17.3 Å². The van der Waals surface area contributed by atoms with Crippen LogP contribution >= 0.6 is 0 Å². The highest BCUT2D eigenvalue weighted by molar-refractivity contribution is 6.05. The van der Waals surface area contributed by atoms with Crippen LogP contribution in [0.25, 0.3) is 0 Å². The minimum Gasteiger partial charge on any atom is -0.316 e. The normalized spacial score (nSPS) is 10.2. The maximum Gasteiger partial charge on any atom is 0.293 e. The molecule has 0 heterocycles. The Morgan fingerprint density at radius 2 is 1.61 bits per heavy atom. The van der Waals surface area contributed by atoms with Crippen molar-refractivity contribution in [2.24, 2.45) is 0 Å². The van der Waals surface area contributed by atoms with E-state index in [1.54, 1.807) is 19.9 Å². The lowest BCUT2D eigenvalue weighted by atomic mass is 10.1. The summed E-state index contributed by atoms with van der Waals surface area (Å²) in [5.74, 6) is -0.653. The molecule has 2 aromatic rings. The van der Waals surface area contributed by atoms with Gasteiger partial charge in [0.15, 0.2) is 0 Å². The van der Waals surface area contributed by atoms with Gasteiger partial charge in [0.2, 0.25) is 0 Å². The van der Waals surface area contributed by atoms with Crippen LogP contribution in [-0.2, 0) is 0 Å².